The number of anilines is 1. The van der Waals surface area contributed by atoms with Crippen molar-refractivity contribution in [1.29, 1.82) is 0 Å². The Labute approximate surface area is 163 Å². The monoisotopic (exact) mass is 400 g/mol. The highest BCUT2D eigenvalue weighted by Crippen LogP contribution is 2.26. The van der Waals surface area contributed by atoms with Gasteiger partial charge in [-0.25, -0.2) is 14.6 Å². The molecule has 150 valence electrons. The van der Waals surface area contributed by atoms with Crippen LogP contribution in [-0.4, -0.2) is 51.4 Å². The molecule has 3 N–H and O–H groups in total. The number of carbonyl (C=O) groups excluding carboxylic acids is 4. The number of amides is 3. The van der Waals surface area contributed by atoms with Crippen molar-refractivity contribution in [3.63, 3.8) is 0 Å². The molecule has 1 aromatic heterocycles. The van der Waals surface area contributed by atoms with Gasteiger partial charge in [-0.1, -0.05) is 6.07 Å². The number of nitrogens with one attached hydrogen (secondary N) is 2. The number of benzene rings is 1. The molecule has 2 aromatic rings. The summed E-state index contributed by atoms with van der Waals surface area (Å²) in [4.78, 5) is 63.4. The van der Waals surface area contributed by atoms with Crippen molar-refractivity contribution in [2.45, 2.75) is 18.9 Å². The minimum absolute atomic E-state index is 0.0248. The van der Waals surface area contributed by atoms with E-state index in [0.29, 0.717) is 0 Å². The van der Waals surface area contributed by atoms with E-state index in [-0.39, 0.29) is 35.5 Å². The lowest BCUT2D eigenvalue weighted by Crippen LogP contribution is -2.42. The molecule has 1 fully saturated rings. The van der Waals surface area contributed by atoms with Crippen LogP contribution in [0.15, 0.2) is 30.6 Å². The maximum Gasteiger partial charge on any atom is 0.360 e. The van der Waals surface area contributed by atoms with E-state index in [1.54, 1.807) is 0 Å². The van der Waals surface area contributed by atoms with Crippen molar-refractivity contribution in [3.05, 3.63) is 47.4 Å². The highest BCUT2D eigenvalue weighted by atomic mass is 16.5. The molecule has 11 nitrogen and oxygen atoms in total. The Hall–Kier alpha value is -4.02. The molecule has 1 aromatic carbocycles. The average Bonchev–Trinajstić information content (AvgIpc) is 3.10. The van der Waals surface area contributed by atoms with Crippen LogP contribution in [0.4, 0.5) is 5.82 Å². The first-order chi connectivity index (χ1) is 13.8. The molecule has 0 saturated carbocycles. The number of hydrogen-bond donors (Lipinski definition) is 3. The van der Waals surface area contributed by atoms with E-state index in [1.165, 1.54) is 35.2 Å². The van der Waals surface area contributed by atoms with E-state index in [2.05, 4.69) is 20.4 Å². The first kappa shape index (κ1) is 19.7. The van der Waals surface area contributed by atoms with Crippen molar-refractivity contribution in [3.8, 4) is 0 Å². The number of aromatic nitrogens is 2. The van der Waals surface area contributed by atoms with Gasteiger partial charge in [0.1, 0.15) is 11.9 Å². The summed E-state index contributed by atoms with van der Waals surface area (Å²) < 4.78 is 5.93. The Kier molecular flexibility index (Phi) is 5.39. The fourth-order valence-electron chi connectivity index (χ4n) is 2.89. The number of esters is 1. The predicted molar refractivity (Wildman–Crippen MR) is 96.3 cm³/mol. The third-order valence-corrected chi connectivity index (χ3v) is 4.32. The molecule has 1 aliphatic heterocycles. The van der Waals surface area contributed by atoms with Crippen LogP contribution in [-0.2, 0) is 14.3 Å². The van der Waals surface area contributed by atoms with Crippen molar-refractivity contribution in [1.82, 2.24) is 14.9 Å². The Balaban J connectivity index is 1.97. The molecule has 1 unspecified atom stereocenters. The normalized spacial score (nSPS) is 16.1. The highest BCUT2D eigenvalue weighted by Gasteiger charge is 2.32. The highest BCUT2D eigenvalue weighted by molar-refractivity contribution is 6.08. The zero-order valence-electron chi connectivity index (χ0n) is 15.2. The maximum atomic E-state index is 12.7. The SMILES string of the molecule is COC(=O)c1ncn(C2CCC(=O)NC2=O)c1NC(=O)c1cccc(C(=O)O)c1. The van der Waals surface area contributed by atoms with E-state index in [0.717, 1.165) is 7.11 Å². The molecule has 2 heterocycles. The van der Waals surface area contributed by atoms with Gasteiger partial charge in [0.25, 0.3) is 5.91 Å². The summed E-state index contributed by atoms with van der Waals surface area (Å²) in [5.74, 6) is -3.88. The Morgan fingerprint density at radius 3 is 2.66 bits per heavy atom. The number of carbonyl (C=O) groups is 5. The number of imidazole rings is 1. The number of aromatic carboxylic acids is 1. The third-order valence-electron chi connectivity index (χ3n) is 4.32. The Morgan fingerprint density at radius 2 is 2.00 bits per heavy atom. The van der Waals surface area contributed by atoms with Crippen LogP contribution in [0.5, 0.6) is 0 Å². The number of piperidine rings is 1. The number of imide groups is 1. The number of nitrogens with zero attached hydrogens (tertiary/aromatic N) is 2. The van der Waals surface area contributed by atoms with Crippen LogP contribution in [0.1, 0.15) is 50.1 Å². The van der Waals surface area contributed by atoms with Crippen LogP contribution in [0.25, 0.3) is 0 Å². The molecular weight excluding hydrogens is 384 g/mol. The smallest absolute Gasteiger partial charge is 0.360 e. The summed E-state index contributed by atoms with van der Waals surface area (Å²) in [5, 5.41) is 13.8. The van der Waals surface area contributed by atoms with Crippen LogP contribution in [0, 0.1) is 0 Å². The van der Waals surface area contributed by atoms with Crippen LogP contribution in [0.2, 0.25) is 0 Å². The van der Waals surface area contributed by atoms with Crippen LogP contribution < -0.4 is 10.6 Å². The number of hydrogen-bond acceptors (Lipinski definition) is 7. The summed E-state index contributed by atoms with van der Waals surface area (Å²) >= 11 is 0. The van der Waals surface area contributed by atoms with Crippen molar-refractivity contribution < 1.29 is 33.8 Å². The zero-order valence-corrected chi connectivity index (χ0v) is 15.2. The van der Waals surface area contributed by atoms with Gasteiger partial charge >= 0.3 is 11.9 Å². The van der Waals surface area contributed by atoms with E-state index in [9.17, 15) is 24.0 Å². The van der Waals surface area contributed by atoms with Crippen LogP contribution >= 0.6 is 0 Å². The molecular formula is C18H16N4O7. The molecule has 0 aliphatic carbocycles. The van der Waals surface area contributed by atoms with Gasteiger partial charge < -0.3 is 19.7 Å². The number of methoxy groups -OCH3 is 1. The molecule has 1 aliphatic rings. The molecule has 0 radical (unpaired) electrons. The molecule has 1 atom stereocenters. The zero-order chi connectivity index (χ0) is 21.1. The van der Waals surface area contributed by atoms with Crippen LogP contribution in [0.3, 0.4) is 0 Å². The summed E-state index contributed by atoms with van der Waals surface area (Å²) in [6, 6.07) is 4.41. The van der Waals surface area contributed by atoms with E-state index >= 15 is 0 Å². The summed E-state index contributed by atoms with van der Waals surface area (Å²) in [6.07, 6.45) is 1.42. The standard InChI is InChI=1S/C18H16N4O7/c1-29-18(28)13-14(21-15(24)9-3-2-4-10(7-9)17(26)27)22(8-19-13)11-5-6-12(23)20-16(11)25/h2-4,7-8,11H,5-6H2,1H3,(H,21,24)(H,26,27)(H,20,23,25). The molecule has 0 bridgehead atoms. The Bertz CT molecular complexity index is 1030. The van der Waals surface area contributed by atoms with Crippen molar-refractivity contribution in [2.24, 2.45) is 0 Å². The molecule has 1 saturated heterocycles. The lowest BCUT2D eigenvalue weighted by molar-refractivity contribution is -0.135. The fourth-order valence-corrected chi connectivity index (χ4v) is 2.89. The van der Waals surface area contributed by atoms with Gasteiger partial charge in [-0.05, 0) is 24.6 Å². The van der Waals surface area contributed by atoms with Gasteiger partial charge in [0.15, 0.2) is 5.69 Å². The second kappa shape index (κ2) is 7.92. The van der Waals surface area contributed by atoms with Gasteiger partial charge in [0, 0.05) is 12.0 Å². The van der Waals surface area contributed by atoms with Gasteiger partial charge in [0.05, 0.1) is 19.0 Å². The fraction of sp³-hybridized carbons (Fsp3) is 0.222. The third kappa shape index (κ3) is 3.98. The minimum atomic E-state index is -1.21. The van der Waals surface area contributed by atoms with Gasteiger partial charge in [-0.2, -0.15) is 0 Å². The van der Waals surface area contributed by atoms with Crippen molar-refractivity contribution >= 4 is 35.5 Å². The second-order valence-corrected chi connectivity index (χ2v) is 6.15. The van der Waals surface area contributed by atoms with Gasteiger partial charge in [0.2, 0.25) is 11.8 Å². The first-order valence-corrected chi connectivity index (χ1v) is 8.45. The minimum Gasteiger partial charge on any atom is -0.478 e. The maximum absolute atomic E-state index is 12.7. The molecule has 3 rings (SSSR count). The molecule has 0 spiro atoms. The largest absolute Gasteiger partial charge is 0.478 e. The van der Waals surface area contributed by atoms with E-state index < -0.39 is 35.7 Å². The number of carboxylic acid groups (broad SMARTS) is 1. The van der Waals surface area contributed by atoms with Crippen molar-refractivity contribution in [2.75, 3.05) is 12.4 Å². The number of carboxylic acids is 1. The number of ether oxygens (including phenoxy) is 1. The second-order valence-electron chi connectivity index (χ2n) is 6.15. The van der Waals surface area contributed by atoms with E-state index in [4.69, 9.17) is 5.11 Å². The van der Waals surface area contributed by atoms with E-state index in [1.807, 2.05) is 0 Å². The first-order valence-electron chi connectivity index (χ1n) is 8.45. The number of rotatable bonds is 5. The lowest BCUT2D eigenvalue weighted by Gasteiger charge is -2.23. The Morgan fingerprint density at radius 1 is 1.28 bits per heavy atom. The molecule has 11 heteroatoms. The quantitative estimate of drug-likeness (QED) is 0.486. The summed E-state index contributed by atoms with van der Waals surface area (Å²) in [6.45, 7) is 0. The average molecular weight is 400 g/mol. The van der Waals surface area contributed by atoms with Gasteiger partial charge in [-0.3, -0.25) is 19.7 Å². The molecule has 3 amide bonds. The lowest BCUT2D eigenvalue weighted by atomic mass is 10.1. The summed E-state index contributed by atoms with van der Waals surface area (Å²) in [7, 11) is 1.13. The van der Waals surface area contributed by atoms with Gasteiger partial charge in [-0.15, -0.1) is 0 Å². The molecule has 29 heavy (non-hydrogen) atoms. The summed E-state index contributed by atoms with van der Waals surface area (Å²) in [5.41, 5.74) is -0.304. The predicted octanol–water partition coefficient (Wildman–Crippen LogP) is 0.598. The topological polar surface area (TPSA) is 157 Å².